The molecule has 3 amide bonds. The Morgan fingerprint density at radius 1 is 0.650 bits per heavy atom. The zero-order valence-corrected chi connectivity index (χ0v) is 32.4. The number of aliphatic hydroxyl groups is 12. The highest BCUT2D eigenvalue weighted by molar-refractivity contribution is 5.77. The average molecular weight is 878 g/mol. The van der Waals surface area contributed by atoms with Crippen LogP contribution in [-0.4, -0.2) is 245 Å². The molecule has 0 unspecified atom stereocenters. The van der Waals surface area contributed by atoms with Crippen LogP contribution in [0.25, 0.3) is 0 Å². The van der Waals surface area contributed by atoms with Gasteiger partial charge in [-0.05, 0) is 0 Å². The van der Waals surface area contributed by atoms with Gasteiger partial charge in [0, 0.05) is 27.2 Å². The molecule has 0 spiro atoms. The maximum absolute atomic E-state index is 12.9. The number of carbonyl (C=O) groups is 4. The Balaban J connectivity index is 1.71. The van der Waals surface area contributed by atoms with Crippen LogP contribution >= 0.6 is 0 Å². The Morgan fingerprint density at radius 3 is 1.60 bits per heavy atom. The molecule has 27 nitrogen and oxygen atoms in total. The maximum atomic E-state index is 12.9. The van der Waals surface area contributed by atoms with E-state index in [2.05, 4.69) is 16.0 Å². The molecule has 0 aromatic heterocycles. The lowest BCUT2D eigenvalue weighted by Crippen LogP contribution is -2.72. The summed E-state index contributed by atoms with van der Waals surface area (Å²) in [5.41, 5.74) is 0. The Labute approximate surface area is 340 Å². The second-order valence-corrected chi connectivity index (χ2v) is 14.8. The summed E-state index contributed by atoms with van der Waals surface area (Å²) in [6, 6.07) is -4.91. The molecule has 0 radical (unpaired) electrons. The van der Waals surface area contributed by atoms with Crippen molar-refractivity contribution in [1.82, 2.24) is 16.0 Å². The van der Waals surface area contributed by atoms with Crippen molar-refractivity contribution in [2.24, 2.45) is 0 Å². The number of hydrogen-bond donors (Lipinski definition) is 16. The lowest BCUT2D eigenvalue weighted by atomic mass is 9.88. The Bertz CT molecular complexity index is 1470. The summed E-state index contributed by atoms with van der Waals surface area (Å²) in [4.78, 5) is 49.4. The van der Waals surface area contributed by atoms with Crippen LogP contribution in [-0.2, 0) is 52.3 Å². The minimum atomic E-state index is -3.15. The first-order valence-electron chi connectivity index (χ1n) is 18.7. The number of ether oxygens (including phenoxy) is 7. The van der Waals surface area contributed by atoms with Crippen LogP contribution in [0.1, 0.15) is 27.2 Å². The van der Waals surface area contributed by atoms with E-state index in [0.717, 1.165) is 20.8 Å². The predicted octanol–water partition coefficient (Wildman–Crippen LogP) is -10.1. The first-order chi connectivity index (χ1) is 28.1. The molecule has 0 saturated carbocycles. The molecule has 27 heteroatoms. The van der Waals surface area contributed by atoms with Gasteiger partial charge in [-0.15, -0.1) is 0 Å². The van der Waals surface area contributed by atoms with Crippen LogP contribution in [0.3, 0.4) is 0 Å². The van der Waals surface area contributed by atoms with Crippen LogP contribution in [0, 0.1) is 0 Å². The van der Waals surface area contributed by atoms with Crippen molar-refractivity contribution >= 4 is 23.7 Å². The largest absolute Gasteiger partial charge is 0.477 e. The zero-order valence-electron chi connectivity index (χ0n) is 32.4. The molecule has 16 N–H and O–H groups in total. The normalized spacial score (nSPS) is 43.3. The van der Waals surface area contributed by atoms with Crippen molar-refractivity contribution in [2.75, 3.05) is 26.4 Å². The molecule has 4 saturated heterocycles. The van der Waals surface area contributed by atoms with Gasteiger partial charge in [0.2, 0.25) is 17.7 Å². The Morgan fingerprint density at radius 2 is 1.10 bits per heavy atom. The average Bonchev–Trinajstić information content (AvgIpc) is 3.18. The van der Waals surface area contributed by atoms with E-state index >= 15 is 0 Å². The van der Waals surface area contributed by atoms with E-state index in [4.69, 9.17) is 33.2 Å². The van der Waals surface area contributed by atoms with Crippen LogP contribution in [0.5, 0.6) is 0 Å². The summed E-state index contributed by atoms with van der Waals surface area (Å²) in [6.07, 6.45) is -34.4. The number of aliphatic carboxylic acids is 1. The second kappa shape index (κ2) is 21.0. The molecule has 21 atom stereocenters. The monoisotopic (exact) mass is 877 g/mol. The molecule has 60 heavy (non-hydrogen) atoms. The van der Waals surface area contributed by atoms with E-state index in [1.54, 1.807) is 0 Å². The number of amides is 3. The van der Waals surface area contributed by atoms with Crippen LogP contribution in [0.4, 0.5) is 0 Å². The first kappa shape index (κ1) is 49.8. The number of carboxylic acid groups (broad SMARTS) is 1. The quantitative estimate of drug-likeness (QED) is 0.0684. The number of rotatable bonds is 16. The molecule has 0 bridgehead atoms. The van der Waals surface area contributed by atoms with E-state index < -0.39 is 185 Å². The lowest BCUT2D eigenvalue weighted by molar-refractivity contribution is -0.383. The molecule has 4 heterocycles. The highest BCUT2D eigenvalue weighted by Crippen LogP contribution is 2.39. The molecule has 346 valence electrons. The molecule has 4 aliphatic heterocycles. The second-order valence-electron chi connectivity index (χ2n) is 14.8. The SMILES string of the molecule is CC(=O)N[C@@H]1[C@@H](O[C@@H]2O[C@H](CO)[C@@H](O)[C@H](O[C@@H]3O[C@H](CO)[C@H](O)[C@H](O[C@]4(C(=O)O)C[C@H](O)[C@@H](NC(C)=O)[C@H]([C@H](O)[C@H](O)CO)O4)[C@H]3O)[C@H]2NC(C)=O)[C@@H](O)[C@@H](CO)O[C@H]1O. The van der Waals surface area contributed by atoms with Crippen molar-refractivity contribution in [3.8, 4) is 0 Å². The lowest BCUT2D eigenvalue weighted by Gasteiger charge is -2.51. The van der Waals surface area contributed by atoms with Gasteiger partial charge in [0.15, 0.2) is 18.9 Å². The maximum Gasteiger partial charge on any atom is 0.364 e. The van der Waals surface area contributed by atoms with Gasteiger partial charge < -0.3 is 115 Å². The van der Waals surface area contributed by atoms with Gasteiger partial charge in [0.1, 0.15) is 91.4 Å². The highest BCUT2D eigenvalue weighted by Gasteiger charge is 2.60. The number of aliphatic hydroxyl groups excluding tert-OH is 12. The van der Waals surface area contributed by atoms with E-state index in [9.17, 15) is 85.6 Å². The van der Waals surface area contributed by atoms with Crippen LogP contribution in [0.15, 0.2) is 0 Å². The van der Waals surface area contributed by atoms with Crippen LogP contribution in [0.2, 0.25) is 0 Å². The van der Waals surface area contributed by atoms with Crippen molar-refractivity contribution < 1.29 is 119 Å². The Kier molecular flexibility index (Phi) is 17.4. The summed E-state index contributed by atoms with van der Waals surface area (Å²) in [6.45, 7) is -0.956. The first-order valence-corrected chi connectivity index (χ1v) is 18.7. The fraction of sp³-hybridized carbons (Fsp3) is 0.879. The zero-order chi connectivity index (χ0) is 45.0. The number of carbonyl (C=O) groups excluding carboxylic acids is 3. The van der Waals surface area contributed by atoms with Crippen molar-refractivity contribution in [3.63, 3.8) is 0 Å². The van der Waals surface area contributed by atoms with E-state index in [-0.39, 0.29) is 0 Å². The summed E-state index contributed by atoms with van der Waals surface area (Å²) in [5, 5.41) is 145. The number of carboxylic acids is 1. The highest BCUT2D eigenvalue weighted by atomic mass is 16.8. The number of nitrogens with one attached hydrogen (secondary N) is 3. The summed E-state index contributed by atoms with van der Waals surface area (Å²) >= 11 is 0. The van der Waals surface area contributed by atoms with Gasteiger partial charge in [-0.3, -0.25) is 14.4 Å². The summed E-state index contributed by atoms with van der Waals surface area (Å²) < 4.78 is 39.6. The smallest absolute Gasteiger partial charge is 0.364 e. The van der Waals surface area contributed by atoms with Crippen molar-refractivity contribution in [1.29, 1.82) is 0 Å². The molecule has 0 aromatic carbocycles. The third-order valence-corrected chi connectivity index (χ3v) is 10.4. The minimum Gasteiger partial charge on any atom is -0.477 e. The van der Waals surface area contributed by atoms with Gasteiger partial charge in [-0.1, -0.05) is 0 Å². The standard InChI is InChI=1S/C33H55N3O24/c1-9(41)34-17-12(44)4-33(32(52)53,59-27(17)20(46)13(45)5-37)60-28-23(49)16(8-40)56-31(24(28)50)58-26-19(36-11(3)43)30(55-15(7-39)22(26)48)57-25-18(35-10(2)42)29(51)54-14(6-38)21(25)47/h12-31,37-40,44-51H,4-8H2,1-3H3,(H,34,41)(H,35,42)(H,36,43)(H,52,53)/t12-,13+,14+,15+,16+,17+,18+,19+,20+,21-,22+,23-,24+,25+,26+,27+,28-,29+,30-,31-,33-/m0/s1. The van der Waals surface area contributed by atoms with Gasteiger partial charge in [-0.25, -0.2) is 4.79 Å². The topological polar surface area (TPSA) is 432 Å². The summed E-state index contributed by atoms with van der Waals surface area (Å²) in [7, 11) is 0. The van der Waals surface area contributed by atoms with Gasteiger partial charge in [0.25, 0.3) is 5.79 Å². The fourth-order valence-corrected chi connectivity index (χ4v) is 7.45. The Hall–Kier alpha value is -2.88. The molecule has 4 fully saturated rings. The van der Waals surface area contributed by atoms with Crippen molar-refractivity contribution in [2.45, 2.75) is 155 Å². The molecule has 0 aliphatic carbocycles. The van der Waals surface area contributed by atoms with E-state index in [1.165, 1.54) is 0 Å². The predicted molar refractivity (Wildman–Crippen MR) is 186 cm³/mol. The van der Waals surface area contributed by atoms with Gasteiger partial charge in [0.05, 0.1) is 38.6 Å². The van der Waals surface area contributed by atoms with E-state index in [0.29, 0.717) is 0 Å². The van der Waals surface area contributed by atoms with E-state index in [1.807, 2.05) is 0 Å². The molecule has 0 aromatic rings. The fourth-order valence-electron chi connectivity index (χ4n) is 7.45. The molecule has 4 rings (SSSR count). The molecular weight excluding hydrogens is 822 g/mol. The third kappa shape index (κ3) is 10.8. The number of hydrogen-bond acceptors (Lipinski definition) is 23. The molecular formula is C33H55N3O24. The van der Waals surface area contributed by atoms with Gasteiger partial charge in [-0.2, -0.15) is 0 Å². The van der Waals surface area contributed by atoms with Crippen molar-refractivity contribution in [3.05, 3.63) is 0 Å². The summed E-state index contributed by atoms with van der Waals surface area (Å²) in [5.74, 6) is -7.56. The van der Waals surface area contributed by atoms with Gasteiger partial charge >= 0.3 is 5.97 Å². The minimum absolute atomic E-state index is 0.737. The third-order valence-electron chi connectivity index (χ3n) is 10.4. The van der Waals surface area contributed by atoms with Crippen LogP contribution < -0.4 is 16.0 Å². The molecule has 4 aliphatic rings.